The van der Waals surface area contributed by atoms with Crippen LogP contribution in [0.5, 0.6) is 11.5 Å². The van der Waals surface area contributed by atoms with Crippen LogP contribution in [0.2, 0.25) is 5.02 Å². The molecule has 2 heterocycles. The van der Waals surface area contributed by atoms with Crippen LogP contribution in [0, 0.1) is 0 Å². The first-order chi connectivity index (χ1) is 14.1. The van der Waals surface area contributed by atoms with Crippen molar-refractivity contribution in [3.8, 4) is 22.6 Å². The smallest absolute Gasteiger partial charge is 0.275 e. The molecule has 6 nitrogen and oxygen atoms in total. The third-order valence-corrected chi connectivity index (χ3v) is 4.75. The van der Waals surface area contributed by atoms with E-state index in [9.17, 15) is 4.79 Å². The predicted molar refractivity (Wildman–Crippen MR) is 113 cm³/mol. The Morgan fingerprint density at radius 2 is 1.66 bits per heavy atom. The van der Waals surface area contributed by atoms with E-state index in [-0.39, 0.29) is 5.91 Å². The van der Waals surface area contributed by atoms with Crippen molar-refractivity contribution >= 4 is 28.8 Å². The molecular formula is C22H18ClN3O3. The molecule has 2 aromatic heterocycles. The molecule has 0 aliphatic heterocycles. The predicted octanol–water partition coefficient (Wildman–Crippen LogP) is 4.92. The van der Waals surface area contributed by atoms with E-state index in [1.807, 2.05) is 47.0 Å². The number of carbonyl (C=O) groups is 1. The molecule has 0 unspecified atom stereocenters. The first-order valence-electron chi connectivity index (χ1n) is 8.85. The summed E-state index contributed by atoms with van der Waals surface area (Å²) in [5, 5.41) is 3.52. The Bertz CT molecular complexity index is 1190. The van der Waals surface area contributed by atoms with Crippen LogP contribution < -0.4 is 14.8 Å². The molecule has 0 saturated heterocycles. The Morgan fingerprint density at radius 3 is 2.38 bits per heavy atom. The van der Waals surface area contributed by atoms with Crippen molar-refractivity contribution in [2.75, 3.05) is 19.5 Å². The Morgan fingerprint density at radius 1 is 0.931 bits per heavy atom. The van der Waals surface area contributed by atoms with Crippen molar-refractivity contribution < 1.29 is 14.3 Å². The highest BCUT2D eigenvalue weighted by atomic mass is 35.5. The van der Waals surface area contributed by atoms with Crippen molar-refractivity contribution in [3.63, 3.8) is 0 Å². The second kappa shape index (κ2) is 7.85. The number of hydrogen-bond donors (Lipinski definition) is 1. The molecule has 0 aliphatic rings. The number of benzene rings is 2. The van der Waals surface area contributed by atoms with Gasteiger partial charge in [-0.15, -0.1) is 0 Å². The summed E-state index contributed by atoms with van der Waals surface area (Å²) < 4.78 is 12.3. The summed E-state index contributed by atoms with van der Waals surface area (Å²) in [6, 6.07) is 16.6. The standard InChI is InChI=1S/C22H18ClN3O3/c1-28-19-9-8-17(11-20(19)29-2)24-22(27)18-13-26-12-15(5-10-21(26)25-18)14-3-6-16(23)7-4-14/h3-13H,1-2H3,(H,24,27). The summed E-state index contributed by atoms with van der Waals surface area (Å²) in [5.41, 5.74) is 3.61. The lowest BCUT2D eigenvalue weighted by atomic mass is 10.1. The number of ether oxygens (including phenoxy) is 2. The molecule has 1 N–H and O–H groups in total. The normalized spacial score (nSPS) is 10.7. The number of hydrogen-bond acceptors (Lipinski definition) is 4. The highest BCUT2D eigenvalue weighted by molar-refractivity contribution is 6.30. The summed E-state index contributed by atoms with van der Waals surface area (Å²) in [7, 11) is 3.11. The first kappa shape index (κ1) is 18.8. The number of nitrogens with one attached hydrogen (secondary N) is 1. The van der Waals surface area contributed by atoms with Crippen LogP contribution in [0.1, 0.15) is 10.5 Å². The van der Waals surface area contributed by atoms with Crippen molar-refractivity contribution in [2.24, 2.45) is 0 Å². The van der Waals surface area contributed by atoms with Crippen LogP contribution in [0.3, 0.4) is 0 Å². The van der Waals surface area contributed by atoms with Crippen LogP contribution in [-0.2, 0) is 0 Å². The zero-order valence-corrected chi connectivity index (χ0v) is 16.6. The van der Waals surface area contributed by atoms with Gasteiger partial charge in [-0.1, -0.05) is 23.7 Å². The number of amides is 1. The van der Waals surface area contributed by atoms with Gasteiger partial charge >= 0.3 is 0 Å². The minimum atomic E-state index is -0.311. The Labute approximate surface area is 172 Å². The molecule has 29 heavy (non-hydrogen) atoms. The quantitative estimate of drug-likeness (QED) is 0.509. The number of fused-ring (bicyclic) bond motifs is 1. The van der Waals surface area contributed by atoms with Crippen molar-refractivity contribution in [2.45, 2.75) is 0 Å². The van der Waals surface area contributed by atoms with Gasteiger partial charge in [0.1, 0.15) is 11.3 Å². The number of pyridine rings is 1. The zero-order valence-electron chi connectivity index (χ0n) is 15.8. The van der Waals surface area contributed by atoms with Crippen molar-refractivity contribution in [1.29, 1.82) is 0 Å². The molecule has 4 aromatic rings. The van der Waals surface area contributed by atoms with Crippen LogP contribution in [0.4, 0.5) is 5.69 Å². The number of aromatic nitrogens is 2. The van der Waals surface area contributed by atoms with E-state index in [0.717, 1.165) is 11.1 Å². The van der Waals surface area contributed by atoms with E-state index in [0.29, 0.717) is 33.6 Å². The van der Waals surface area contributed by atoms with E-state index >= 15 is 0 Å². The molecule has 0 bridgehead atoms. The molecule has 7 heteroatoms. The lowest BCUT2D eigenvalue weighted by molar-refractivity contribution is 0.102. The van der Waals surface area contributed by atoms with Gasteiger partial charge < -0.3 is 19.2 Å². The van der Waals surface area contributed by atoms with Crippen LogP contribution in [0.15, 0.2) is 67.0 Å². The van der Waals surface area contributed by atoms with E-state index in [1.165, 1.54) is 0 Å². The zero-order chi connectivity index (χ0) is 20.4. The van der Waals surface area contributed by atoms with Crippen LogP contribution in [-0.4, -0.2) is 29.5 Å². The second-order valence-electron chi connectivity index (χ2n) is 6.34. The topological polar surface area (TPSA) is 64.9 Å². The molecule has 146 valence electrons. The average molecular weight is 408 g/mol. The number of methoxy groups -OCH3 is 2. The number of halogens is 1. The van der Waals surface area contributed by atoms with E-state index < -0.39 is 0 Å². The summed E-state index contributed by atoms with van der Waals surface area (Å²) >= 11 is 5.96. The highest BCUT2D eigenvalue weighted by Crippen LogP contribution is 2.30. The van der Waals surface area contributed by atoms with Gasteiger partial charge in [-0.05, 0) is 47.5 Å². The van der Waals surface area contributed by atoms with Gasteiger partial charge in [0, 0.05) is 29.2 Å². The summed E-state index contributed by atoms with van der Waals surface area (Å²) in [4.78, 5) is 17.1. The van der Waals surface area contributed by atoms with Gasteiger partial charge in [-0.25, -0.2) is 4.98 Å². The summed E-state index contributed by atoms with van der Waals surface area (Å²) in [6.07, 6.45) is 3.63. The minimum Gasteiger partial charge on any atom is -0.493 e. The summed E-state index contributed by atoms with van der Waals surface area (Å²) in [5.74, 6) is 0.815. The third kappa shape index (κ3) is 3.88. The van der Waals surface area contributed by atoms with Gasteiger partial charge in [-0.3, -0.25) is 4.79 Å². The van der Waals surface area contributed by atoms with E-state index in [1.54, 1.807) is 38.6 Å². The van der Waals surface area contributed by atoms with Crippen molar-refractivity contribution in [1.82, 2.24) is 9.38 Å². The van der Waals surface area contributed by atoms with Gasteiger partial charge in [0.15, 0.2) is 11.5 Å². The minimum absolute atomic E-state index is 0.311. The second-order valence-corrected chi connectivity index (χ2v) is 6.78. The van der Waals surface area contributed by atoms with Gasteiger partial charge in [0.2, 0.25) is 0 Å². The SMILES string of the molecule is COc1ccc(NC(=O)c2cn3cc(-c4ccc(Cl)cc4)ccc3n2)cc1OC. The first-order valence-corrected chi connectivity index (χ1v) is 9.23. The molecule has 4 rings (SSSR count). The molecular weight excluding hydrogens is 390 g/mol. The molecule has 0 atom stereocenters. The average Bonchev–Trinajstić information content (AvgIpc) is 3.17. The summed E-state index contributed by atoms with van der Waals surface area (Å²) in [6.45, 7) is 0. The van der Waals surface area contributed by atoms with Crippen LogP contribution in [0.25, 0.3) is 16.8 Å². The fourth-order valence-electron chi connectivity index (χ4n) is 3.02. The van der Waals surface area contributed by atoms with Gasteiger partial charge in [-0.2, -0.15) is 0 Å². The van der Waals surface area contributed by atoms with Crippen molar-refractivity contribution in [3.05, 3.63) is 77.7 Å². The van der Waals surface area contributed by atoms with E-state index in [2.05, 4.69) is 10.3 Å². The fourth-order valence-corrected chi connectivity index (χ4v) is 3.15. The Balaban J connectivity index is 1.59. The number of imidazole rings is 1. The monoisotopic (exact) mass is 407 g/mol. The van der Waals surface area contributed by atoms with Gasteiger partial charge in [0.25, 0.3) is 5.91 Å². The third-order valence-electron chi connectivity index (χ3n) is 4.50. The lowest BCUT2D eigenvalue weighted by Gasteiger charge is -2.09. The molecule has 0 fully saturated rings. The largest absolute Gasteiger partial charge is 0.493 e. The number of nitrogens with zero attached hydrogens (tertiary/aromatic N) is 2. The number of rotatable bonds is 5. The van der Waals surface area contributed by atoms with E-state index in [4.69, 9.17) is 21.1 Å². The Hall–Kier alpha value is -3.51. The molecule has 2 aromatic carbocycles. The molecule has 1 amide bonds. The molecule has 0 spiro atoms. The lowest BCUT2D eigenvalue weighted by Crippen LogP contribution is -2.12. The number of carbonyl (C=O) groups excluding carboxylic acids is 1. The molecule has 0 radical (unpaired) electrons. The maximum absolute atomic E-state index is 12.7. The molecule has 0 saturated carbocycles. The van der Waals surface area contributed by atoms with Crippen LogP contribution >= 0.6 is 11.6 Å². The number of anilines is 1. The highest BCUT2D eigenvalue weighted by Gasteiger charge is 2.13. The maximum atomic E-state index is 12.7. The fraction of sp³-hybridized carbons (Fsp3) is 0.0909. The Kier molecular flexibility index (Phi) is 5.10. The van der Waals surface area contributed by atoms with Gasteiger partial charge in [0.05, 0.1) is 14.2 Å². The maximum Gasteiger partial charge on any atom is 0.275 e. The molecule has 0 aliphatic carbocycles.